The van der Waals surface area contributed by atoms with Gasteiger partial charge in [0.1, 0.15) is 6.04 Å². The maximum atomic E-state index is 12.8. The molecule has 0 radical (unpaired) electrons. The van der Waals surface area contributed by atoms with Crippen LogP contribution in [0.1, 0.15) is 43.2 Å². The van der Waals surface area contributed by atoms with E-state index in [0.717, 1.165) is 57.5 Å². The van der Waals surface area contributed by atoms with Crippen molar-refractivity contribution >= 4 is 23.6 Å². The number of carbonyl (C=O) groups excluding carboxylic acids is 2. The Labute approximate surface area is 154 Å². The molecule has 2 aliphatic rings. The number of benzene rings is 1. The number of hydrogen-bond donors (Lipinski definition) is 0. The molecule has 0 spiro atoms. The van der Waals surface area contributed by atoms with E-state index < -0.39 is 0 Å². The number of amides is 2. The van der Waals surface area contributed by atoms with Gasteiger partial charge in [0.25, 0.3) is 0 Å². The van der Waals surface area contributed by atoms with Gasteiger partial charge in [0.05, 0.1) is 5.75 Å². The molecule has 5 heteroatoms. The molecule has 1 unspecified atom stereocenters. The van der Waals surface area contributed by atoms with Gasteiger partial charge in [0.15, 0.2) is 0 Å². The second kappa shape index (κ2) is 8.75. The summed E-state index contributed by atoms with van der Waals surface area (Å²) in [6.45, 7) is 4.54. The van der Waals surface area contributed by atoms with Crippen molar-refractivity contribution in [2.24, 2.45) is 0 Å². The minimum atomic E-state index is -0.223. The fraction of sp³-hybridized carbons (Fsp3) is 0.600. The van der Waals surface area contributed by atoms with Crippen LogP contribution in [0, 0.1) is 6.92 Å². The van der Waals surface area contributed by atoms with Gasteiger partial charge in [0.2, 0.25) is 11.8 Å². The van der Waals surface area contributed by atoms with Crippen LogP contribution < -0.4 is 0 Å². The minimum Gasteiger partial charge on any atom is -0.341 e. The Hall–Kier alpha value is -1.49. The number of thioether (sulfide) groups is 1. The lowest BCUT2D eigenvalue weighted by atomic mass is 10.0. The molecule has 0 N–H and O–H groups in total. The molecule has 0 saturated carbocycles. The lowest BCUT2D eigenvalue weighted by Crippen LogP contribution is -2.53. The molecular formula is C20H28N2O2S. The molecule has 1 atom stereocenters. The van der Waals surface area contributed by atoms with Crippen molar-refractivity contribution in [1.29, 1.82) is 0 Å². The highest BCUT2D eigenvalue weighted by molar-refractivity contribution is 7.99. The molecule has 2 heterocycles. The van der Waals surface area contributed by atoms with Crippen molar-refractivity contribution in [2.75, 3.05) is 25.4 Å². The number of nitrogens with zero attached hydrogens (tertiary/aromatic N) is 2. The van der Waals surface area contributed by atoms with Crippen LogP contribution >= 0.6 is 11.8 Å². The number of likely N-dealkylation sites (tertiary alicyclic amines) is 2. The molecule has 2 aliphatic heterocycles. The van der Waals surface area contributed by atoms with Gasteiger partial charge < -0.3 is 9.80 Å². The second-order valence-corrected chi connectivity index (χ2v) is 8.10. The summed E-state index contributed by atoms with van der Waals surface area (Å²) in [6.07, 6.45) is 5.07. The Morgan fingerprint density at radius 3 is 2.64 bits per heavy atom. The SMILES string of the molecule is Cc1cccc(CSCC(=O)N2CCCCC2C(=O)N2CCCC2)c1. The number of rotatable bonds is 5. The average Bonchev–Trinajstić information content (AvgIpc) is 3.16. The summed E-state index contributed by atoms with van der Waals surface area (Å²) < 4.78 is 0. The smallest absolute Gasteiger partial charge is 0.245 e. The monoisotopic (exact) mass is 360 g/mol. The summed E-state index contributed by atoms with van der Waals surface area (Å²) in [5, 5.41) is 0. The molecular weight excluding hydrogens is 332 g/mol. The molecule has 0 bridgehead atoms. The predicted octanol–water partition coefficient (Wildman–Crippen LogP) is 3.23. The molecule has 3 rings (SSSR count). The maximum Gasteiger partial charge on any atom is 0.245 e. The van der Waals surface area contributed by atoms with E-state index in [0.29, 0.717) is 5.75 Å². The largest absolute Gasteiger partial charge is 0.341 e. The van der Waals surface area contributed by atoms with Crippen molar-refractivity contribution < 1.29 is 9.59 Å². The lowest BCUT2D eigenvalue weighted by Gasteiger charge is -2.36. The normalized spacial score (nSPS) is 20.8. The Morgan fingerprint density at radius 1 is 1.12 bits per heavy atom. The molecule has 136 valence electrons. The first-order valence-electron chi connectivity index (χ1n) is 9.37. The van der Waals surface area contributed by atoms with E-state index in [1.807, 2.05) is 9.80 Å². The minimum absolute atomic E-state index is 0.120. The van der Waals surface area contributed by atoms with Gasteiger partial charge in [-0.3, -0.25) is 9.59 Å². The van der Waals surface area contributed by atoms with Crippen LogP contribution in [0.25, 0.3) is 0 Å². The Kier molecular flexibility index (Phi) is 6.40. The maximum absolute atomic E-state index is 12.8. The first-order chi connectivity index (χ1) is 12.1. The van der Waals surface area contributed by atoms with Crippen LogP contribution in [-0.4, -0.2) is 53.0 Å². The number of hydrogen-bond acceptors (Lipinski definition) is 3. The van der Waals surface area contributed by atoms with Crippen LogP contribution in [0.2, 0.25) is 0 Å². The zero-order valence-corrected chi connectivity index (χ0v) is 15.9. The van der Waals surface area contributed by atoms with E-state index in [4.69, 9.17) is 0 Å². The van der Waals surface area contributed by atoms with Crippen LogP contribution in [0.4, 0.5) is 0 Å². The van der Waals surface area contributed by atoms with Crippen LogP contribution in [-0.2, 0) is 15.3 Å². The van der Waals surface area contributed by atoms with Gasteiger partial charge in [-0.25, -0.2) is 0 Å². The van der Waals surface area contributed by atoms with Crippen molar-refractivity contribution in [2.45, 2.75) is 50.8 Å². The molecule has 2 amide bonds. The topological polar surface area (TPSA) is 40.6 Å². The summed E-state index contributed by atoms with van der Waals surface area (Å²) in [5.74, 6) is 1.59. The van der Waals surface area contributed by atoms with Crippen molar-refractivity contribution in [3.63, 3.8) is 0 Å². The molecule has 0 aliphatic carbocycles. The average molecular weight is 361 g/mol. The van der Waals surface area contributed by atoms with Gasteiger partial charge in [-0.15, -0.1) is 11.8 Å². The number of carbonyl (C=O) groups is 2. The highest BCUT2D eigenvalue weighted by Crippen LogP contribution is 2.23. The van der Waals surface area contributed by atoms with E-state index in [1.165, 1.54) is 11.1 Å². The highest BCUT2D eigenvalue weighted by atomic mass is 32.2. The fourth-order valence-corrected chi connectivity index (χ4v) is 4.63. The van der Waals surface area contributed by atoms with Gasteiger partial charge in [-0.2, -0.15) is 0 Å². The molecule has 25 heavy (non-hydrogen) atoms. The Balaban J connectivity index is 1.54. The van der Waals surface area contributed by atoms with E-state index in [9.17, 15) is 9.59 Å². The van der Waals surface area contributed by atoms with Gasteiger partial charge >= 0.3 is 0 Å². The van der Waals surface area contributed by atoms with Gasteiger partial charge in [0, 0.05) is 25.4 Å². The fourth-order valence-electron chi connectivity index (χ4n) is 3.78. The standard InChI is InChI=1S/C20H28N2O2S/c1-16-7-6-8-17(13-16)14-25-15-19(23)22-12-3-2-9-18(22)20(24)21-10-4-5-11-21/h6-8,13,18H,2-5,9-12,14-15H2,1H3. The Bertz CT molecular complexity index is 613. The summed E-state index contributed by atoms with van der Waals surface area (Å²) in [4.78, 5) is 29.3. The molecule has 1 aromatic rings. The summed E-state index contributed by atoms with van der Waals surface area (Å²) in [5.41, 5.74) is 2.50. The second-order valence-electron chi connectivity index (χ2n) is 7.11. The van der Waals surface area contributed by atoms with Crippen molar-refractivity contribution in [1.82, 2.24) is 9.80 Å². The highest BCUT2D eigenvalue weighted by Gasteiger charge is 2.35. The lowest BCUT2D eigenvalue weighted by molar-refractivity contribution is -0.145. The summed E-state index contributed by atoms with van der Waals surface area (Å²) in [7, 11) is 0. The van der Waals surface area contributed by atoms with Gasteiger partial charge in [-0.1, -0.05) is 29.8 Å². The predicted molar refractivity (Wildman–Crippen MR) is 103 cm³/mol. The van der Waals surface area contributed by atoms with E-state index in [-0.39, 0.29) is 17.9 Å². The van der Waals surface area contributed by atoms with Gasteiger partial charge in [-0.05, 0) is 44.6 Å². The third-order valence-corrected chi connectivity index (χ3v) is 6.09. The zero-order valence-electron chi connectivity index (χ0n) is 15.1. The third kappa shape index (κ3) is 4.78. The van der Waals surface area contributed by atoms with E-state index in [1.54, 1.807) is 11.8 Å². The summed E-state index contributed by atoms with van der Waals surface area (Å²) >= 11 is 1.65. The van der Waals surface area contributed by atoms with Crippen molar-refractivity contribution in [3.05, 3.63) is 35.4 Å². The molecule has 2 saturated heterocycles. The zero-order chi connectivity index (χ0) is 17.6. The van der Waals surface area contributed by atoms with Crippen LogP contribution in [0.15, 0.2) is 24.3 Å². The van der Waals surface area contributed by atoms with Crippen molar-refractivity contribution in [3.8, 4) is 0 Å². The molecule has 0 aromatic heterocycles. The van der Waals surface area contributed by atoms with Crippen LogP contribution in [0.3, 0.4) is 0 Å². The summed E-state index contributed by atoms with van der Waals surface area (Å²) in [6, 6.07) is 8.19. The number of aryl methyl sites for hydroxylation is 1. The molecule has 2 fully saturated rings. The first-order valence-corrected chi connectivity index (χ1v) is 10.5. The quantitative estimate of drug-likeness (QED) is 0.809. The third-order valence-electron chi connectivity index (χ3n) is 5.10. The Morgan fingerprint density at radius 2 is 1.88 bits per heavy atom. The molecule has 1 aromatic carbocycles. The number of piperidine rings is 1. The van der Waals surface area contributed by atoms with E-state index in [2.05, 4.69) is 31.2 Å². The first kappa shape index (κ1) is 18.3. The van der Waals surface area contributed by atoms with E-state index >= 15 is 0 Å². The van der Waals surface area contributed by atoms with Crippen LogP contribution in [0.5, 0.6) is 0 Å². The molecule has 4 nitrogen and oxygen atoms in total.